The van der Waals surface area contributed by atoms with Crippen molar-refractivity contribution in [2.75, 3.05) is 0 Å². The van der Waals surface area contributed by atoms with Gasteiger partial charge < -0.3 is 0 Å². The van der Waals surface area contributed by atoms with Gasteiger partial charge in [0.1, 0.15) is 23.2 Å². The first-order valence-corrected chi connectivity index (χ1v) is 6.65. The van der Waals surface area contributed by atoms with E-state index in [4.69, 9.17) is 0 Å². The summed E-state index contributed by atoms with van der Waals surface area (Å²) in [6.07, 6.45) is -0.596. The molecular formula is C15H10BrF3O. The summed E-state index contributed by atoms with van der Waals surface area (Å²) in [6.45, 7) is 0. The largest absolute Gasteiger partial charge is 0.299 e. The van der Waals surface area contributed by atoms with Crippen LogP contribution in [-0.4, -0.2) is 5.78 Å². The highest BCUT2D eigenvalue weighted by Crippen LogP contribution is 2.18. The molecule has 2 rings (SSSR count). The Morgan fingerprint density at radius 2 is 1.60 bits per heavy atom. The quantitative estimate of drug-likeness (QED) is 0.812. The van der Waals surface area contributed by atoms with Crippen LogP contribution in [-0.2, 0) is 17.6 Å². The van der Waals surface area contributed by atoms with Gasteiger partial charge in [0.15, 0.2) is 0 Å². The lowest BCUT2D eigenvalue weighted by molar-refractivity contribution is -0.117. The van der Waals surface area contributed by atoms with Crippen molar-refractivity contribution in [3.8, 4) is 0 Å². The molecule has 0 radical (unpaired) electrons. The Bertz CT molecular complexity index is 635. The summed E-state index contributed by atoms with van der Waals surface area (Å²) in [4.78, 5) is 11.8. The minimum Gasteiger partial charge on any atom is -0.299 e. The third-order valence-electron chi connectivity index (χ3n) is 2.84. The van der Waals surface area contributed by atoms with E-state index < -0.39 is 29.7 Å². The summed E-state index contributed by atoms with van der Waals surface area (Å²) in [7, 11) is 0. The van der Waals surface area contributed by atoms with Crippen LogP contribution in [0, 0.1) is 17.5 Å². The molecule has 20 heavy (non-hydrogen) atoms. The molecule has 0 amide bonds. The number of carbonyl (C=O) groups is 1. The van der Waals surface area contributed by atoms with E-state index in [1.807, 2.05) is 0 Å². The average molecular weight is 343 g/mol. The molecule has 0 fully saturated rings. The molecule has 0 spiro atoms. The Kier molecular flexibility index (Phi) is 4.60. The van der Waals surface area contributed by atoms with E-state index in [1.165, 1.54) is 18.2 Å². The minimum absolute atomic E-state index is 0.202. The molecule has 2 aromatic rings. The van der Waals surface area contributed by atoms with Gasteiger partial charge in [-0.3, -0.25) is 4.79 Å². The molecule has 0 aliphatic heterocycles. The van der Waals surface area contributed by atoms with E-state index in [9.17, 15) is 18.0 Å². The number of carbonyl (C=O) groups excluding carboxylic acids is 1. The molecule has 5 heteroatoms. The fourth-order valence-corrected chi connectivity index (χ4v) is 2.17. The summed E-state index contributed by atoms with van der Waals surface area (Å²) >= 11 is 3.11. The Morgan fingerprint density at radius 1 is 0.950 bits per heavy atom. The molecule has 0 aliphatic carbocycles. The minimum atomic E-state index is -0.769. The monoisotopic (exact) mass is 342 g/mol. The van der Waals surface area contributed by atoms with E-state index in [0.717, 1.165) is 12.1 Å². The van der Waals surface area contributed by atoms with E-state index >= 15 is 0 Å². The van der Waals surface area contributed by atoms with Crippen molar-refractivity contribution < 1.29 is 18.0 Å². The number of benzene rings is 2. The Hall–Kier alpha value is -1.62. The second-order valence-corrected chi connectivity index (χ2v) is 5.24. The van der Waals surface area contributed by atoms with Gasteiger partial charge in [-0.15, -0.1) is 0 Å². The van der Waals surface area contributed by atoms with Crippen molar-refractivity contribution in [2.24, 2.45) is 0 Å². The number of hydrogen-bond acceptors (Lipinski definition) is 1. The molecule has 0 bridgehead atoms. The van der Waals surface area contributed by atoms with Gasteiger partial charge in [-0.25, -0.2) is 13.2 Å². The standard InChI is InChI=1S/C15H10BrF3O/c16-10-5-4-9(15(19)7-10)6-11(20)8-12-13(17)2-1-3-14(12)18/h1-5,7H,6,8H2. The van der Waals surface area contributed by atoms with Crippen molar-refractivity contribution in [1.29, 1.82) is 0 Å². The summed E-state index contributed by atoms with van der Waals surface area (Å²) in [5, 5.41) is 0. The van der Waals surface area contributed by atoms with Gasteiger partial charge in [0.25, 0.3) is 0 Å². The van der Waals surface area contributed by atoms with Crippen LogP contribution in [0.1, 0.15) is 11.1 Å². The van der Waals surface area contributed by atoms with Crippen LogP contribution in [0.3, 0.4) is 0 Å². The number of halogens is 4. The maximum Gasteiger partial charge on any atom is 0.141 e. The molecule has 0 saturated carbocycles. The molecule has 0 heterocycles. The third kappa shape index (κ3) is 3.48. The van der Waals surface area contributed by atoms with E-state index in [-0.39, 0.29) is 17.5 Å². The normalized spacial score (nSPS) is 10.6. The van der Waals surface area contributed by atoms with Crippen LogP contribution in [0.2, 0.25) is 0 Å². The summed E-state index contributed by atoms with van der Waals surface area (Å²) < 4.78 is 41.0. The first-order valence-electron chi connectivity index (χ1n) is 5.86. The zero-order valence-corrected chi connectivity index (χ0v) is 11.9. The van der Waals surface area contributed by atoms with Crippen molar-refractivity contribution in [3.05, 3.63) is 69.4 Å². The van der Waals surface area contributed by atoms with Crippen molar-refractivity contribution in [3.63, 3.8) is 0 Å². The number of Topliss-reactive ketones (excluding diaryl/α,β-unsaturated/α-hetero) is 1. The zero-order chi connectivity index (χ0) is 14.7. The summed E-state index contributed by atoms with van der Waals surface area (Å²) in [6, 6.07) is 7.72. The molecule has 0 aliphatic rings. The zero-order valence-electron chi connectivity index (χ0n) is 10.3. The molecule has 2 aromatic carbocycles. The number of ketones is 1. The second kappa shape index (κ2) is 6.22. The molecule has 0 saturated heterocycles. The van der Waals surface area contributed by atoms with E-state index in [0.29, 0.717) is 4.47 Å². The van der Waals surface area contributed by atoms with Crippen LogP contribution in [0.15, 0.2) is 40.9 Å². The van der Waals surface area contributed by atoms with E-state index in [1.54, 1.807) is 6.07 Å². The molecule has 0 atom stereocenters. The predicted molar refractivity (Wildman–Crippen MR) is 72.9 cm³/mol. The lowest BCUT2D eigenvalue weighted by atomic mass is 10.0. The highest BCUT2D eigenvalue weighted by molar-refractivity contribution is 9.10. The second-order valence-electron chi connectivity index (χ2n) is 4.33. The topological polar surface area (TPSA) is 17.1 Å². The summed E-state index contributed by atoms with van der Waals surface area (Å²) in [5.74, 6) is -2.51. The van der Waals surface area contributed by atoms with Crippen LogP contribution in [0.25, 0.3) is 0 Å². The lowest BCUT2D eigenvalue weighted by Gasteiger charge is -2.06. The predicted octanol–water partition coefficient (Wildman–Crippen LogP) is 4.22. The van der Waals surface area contributed by atoms with Crippen LogP contribution in [0.4, 0.5) is 13.2 Å². The smallest absolute Gasteiger partial charge is 0.141 e. The van der Waals surface area contributed by atoms with Crippen LogP contribution >= 0.6 is 15.9 Å². The molecule has 0 N–H and O–H groups in total. The maximum atomic E-state index is 13.6. The first-order chi connectivity index (χ1) is 9.47. The molecule has 104 valence electrons. The van der Waals surface area contributed by atoms with Gasteiger partial charge in [0.05, 0.1) is 0 Å². The van der Waals surface area contributed by atoms with Crippen molar-refractivity contribution in [1.82, 2.24) is 0 Å². The Balaban J connectivity index is 2.13. The van der Waals surface area contributed by atoms with E-state index in [2.05, 4.69) is 15.9 Å². The molecular weight excluding hydrogens is 333 g/mol. The van der Waals surface area contributed by atoms with Crippen molar-refractivity contribution in [2.45, 2.75) is 12.8 Å². The van der Waals surface area contributed by atoms with Crippen LogP contribution in [0.5, 0.6) is 0 Å². The summed E-state index contributed by atoms with van der Waals surface area (Å²) in [5.41, 5.74) is -0.0787. The number of rotatable bonds is 4. The Morgan fingerprint density at radius 3 is 2.20 bits per heavy atom. The maximum absolute atomic E-state index is 13.6. The Labute approximate surface area is 122 Å². The molecule has 0 aromatic heterocycles. The van der Waals surface area contributed by atoms with Gasteiger partial charge in [0.2, 0.25) is 0 Å². The highest BCUT2D eigenvalue weighted by atomic mass is 79.9. The van der Waals surface area contributed by atoms with Crippen molar-refractivity contribution >= 4 is 21.7 Å². The highest BCUT2D eigenvalue weighted by Gasteiger charge is 2.15. The molecule has 1 nitrogen and oxygen atoms in total. The third-order valence-corrected chi connectivity index (χ3v) is 3.33. The van der Waals surface area contributed by atoms with Gasteiger partial charge in [-0.2, -0.15) is 0 Å². The first kappa shape index (κ1) is 14.8. The van der Waals surface area contributed by atoms with Gasteiger partial charge in [0, 0.05) is 22.9 Å². The SMILES string of the molecule is O=C(Cc1ccc(Br)cc1F)Cc1c(F)cccc1F. The van der Waals surface area contributed by atoms with Crippen LogP contribution < -0.4 is 0 Å². The fourth-order valence-electron chi connectivity index (χ4n) is 1.84. The van der Waals surface area contributed by atoms with Gasteiger partial charge in [-0.05, 0) is 29.8 Å². The number of hydrogen-bond donors (Lipinski definition) is 0. The van der Waals surface area contributed by atoms with Gasteiger partial charge in [-0.1, -0.05) is 28.1 Å². The fraction of sp³-hybridized carbons (Fsp3) is 0.133. The lowest BCUT2D eigenvalue weighted by Crippen LogP contribution is -2.10. The van der Waals surface area contributed by atoms with Gasteiger partial charge >= 0.3 is 0 Å². The average Bonchev–Trinajstić information content (AvgIpc) is 2.37. The molecule has 0 unspecified atom stereocenters.